The van der Waals surface area contributed by atoms with Gasteiger partial charge in [-0.15, -0.1) is 0 Å². The lowest BCUT2D eigenvalue weighted by Crippen LogP contribution is -2.52. The van der Waals surface area contributed by atoms with Gasteiger partial charge in [0.25, 0.3) is 0 Å². The van der Waals surface area contributed by atoms with Crippen LogP contribution in [0.5, 0.6) is 0 Å². The molecule has 12 atom stereocenters. The number of aliphatic hydroxyl groups excluding tert-OH is 9. The first-order valence-electron chi connectivity index (χ1n) is 11.0. The maximum Gasteiger partial charge on any atom is 0.481 e. The van der Waals surface area contributed by atoms with Gasteiger partial charge in [-0.2, -0.15) is 0 Å². The third-order valence-electron chi connectivity index (χ3n) is 5.89. The first-order chi connectivity index (χ1) is 16.5. The van der Waals surface area contributed by atoms with Crippen LogP contribution in [0.3, 0.4) is 0 Å². The Morgan fingerprint density at radius 1 is 0.571 bits per heavy atom. The van der Waals surface area contributed by atoms with Gasteiger partial charge in [0.15, 0.2) is 18.9 Å². The van der Waals surface area contributed by atoms with Crippen LogP contribution in [0, 0.1) is 0 Å². The highest BCUT2D eigenvalue weighted by molar-refractivity contribution is 7.48. The summed E-state index contributed by atoms with van der Waals surface area (Å²) in [7, 11) is -4.87. The third kappa shape index (κ3) is 7.14. The molecule has 0 aliphatic carbocycles. The summed E-state index contributed by atoms with van der Waals surface area (Å²) in [5.74, 6) is 0. The highest BCUT2D eigenvalue weighted by atomic mass is 31.2. The van der Waals surface area contributed by atoms with E-state index >= 15 is 0 Å². The van der Waals surface area contributed by atoms with Crippen LogP contribution < -0.4 is 0 Å². The predicted octanol–water partition coefficient (Wildman–Crippen LogP) is -4.37. The van der Waals surface area contributed by atoms with E-state index in [1.165, 1.54) is 0 Å². The molecule has 206 valence electrons. The normalized spacial score (nSPS) is 46.8. The van der Waals surface area contributed by atoms with Gasteiger partial charge in [-0.1, -0.05) is 0 Å². The number of phosphoric ester groups is 1. The van der Waals surface area contributed by atoms with E-state index in [0.717, 1.165) is 0 Å². The van der Waals surface area contributed by atoms with Gasteiger partial charge in [0.1, 0.15) is 36.6 Å². The highest BCUT2D eigenvalue weighted by Gasteiger charge is 2.48. The predicted molar refractivity (Wildman–Crippen MR) is 108 cm³/mol. The molecule has 35 heavy (non-hydrogen) atoms. The molecule has 0 saturated carbocycles. The quantitative estimate of drug-likeness (QED) is 0.126. The van der Waals surface area contributed by atoms with Crippen LogP contribution in [-0.2, 0) is 32.3 Å². The zero-order chi connectivity index (χ0) is 25.9. The Morgan fingerprint density at radius 3 is 1.06 bits per heavy atom. The van der Waals surface area contributed by atoms with E-state index in [1.807, 2.05) is 0 Å². The van der Waals surface area contributed by atoms with E-state index in [0.29, 0.717) is 0 Å². The topological polar surface area (TPSA) is 255 Å². The average Bonchev–Trinajstić information content (AvgIpc) is 2.80. The fraction of sp³-hybridized carbons (Fsp3) is 1.00. The van der Waals surface area contributed by atoms with Gasteiger partial charge in [0.05, 0.1) is 38.1 Å². The van der Waals surface area contributed by atoms with Crippen molar-refractivity contribution in [2.75, 3.05) is 19.8 Å². The standard InChI is InChI=1S/C18H33O16P/c19-4-10-16(25)7(22)1-13(29-10)32-35(28,33-14-2-8(23)17(26)11(5-20)30-14)34-15-3-9(24)18(27)12(6-21)31-15/h7-27H,1-6H2/t7-,8?,9?,10+,11?,12?,13?,14?,15?,16+,17?,18?,35?/m0/s1. The molecule has 17 heteroatoms. The van der Waals surface area contributed by atoms with Crippen molar-refractivity contribution < 1.29 is 78.3 Å². The van der Waals surface area contributed by atoms with E-state index in [-0.39, 0.29) is 0 Å². The molecule has 3 aliphatic heterocycles. The van der Waals surface area contributed by atoms with Crippen LogP contribution in [0.15, 0.2) is 0 Å². The summed E-state index contributed by atoms with van der Waals surface area (Å²) < 4.78 is 45.5. The number of hydrogen-bond acceptors (Lipinski definition) is 16. The zero-order valence-electron chi connectivity index (χ0n) is 18.5. The number of aliphatic hydroxyl groups is 9. The van der Waals surface area contributed by atoms with Gasteiger partial charge in [0.2, 0.25) is 0 Å². The summed E-state index contributed by atoms with van der Waals surface area (Å²) in [6.45, 7) is -2.15. The molecule has 3 rings (SSSR count). The second-order valence-corrected chi connectivity index (χ2v) is 10.0. The highest BCUT2D eigenvalue weighted by Crippen LogP contribution is 2.55. The van der Waals surface area contributed by atoms with Gasteiger partial charge in [0, 0.05) is 19.3 Å². The minimum absolute atomic E-state index is 0.424. The van der Waals surface area contributed by atoms with Gasteiger partial charge in [-0.3, -0.25) is 13.6 Å². The Balaban J connectivity index is 1.79. The maximum atomic E-state index is 13.6. The molecule has 3 aliphatic rings. The van der Waals surface area contributed by atoms with E-state index in [1.54, 1.807) is 0 Å². The van der Waals surface area contributed by atoms with E-state index < -0.39 is 121 Å². The van der Waals surface area contributed by atoms with E-state index in [4.69, 9.17) is 27.8 Å². The molecule has 0 radical (unpaired) electrons. The van der Waals surface area contributed by atoms with Crippen molar-refractivity contribution in [2.45, 2.75) is 93.1 Å². The lowest BCUT2D eigenvalue weighted by atomic mass is 10.0. The number of rotatable bonds is 9. The third-order valence-corrected chi connectivity index (χ3v) is 7.37. The van der Waals surface area contributed by atoms with Crippen molar-refractivity contribution in [3.05, 3.63) is 0 Å². The fourth-order valence-corrected chi connectivity index (χ4v) is 5.33. The Labute approximate surface area is 199 Å². The first kappa shape index (κ1) is 29.2. The second-order valence-electron chi connectivity index (χ2n) is 8.50. The molecule has 0 aromatic rings. The Morgan fingerprint density at radius 2 is 0.829 bits per heavy atom. The lowest BCUT2D eigenvalue weighted by molar-refractivity contribution is -0.267. The first-order valence-corrected chi connectivity index (χ1v) is 12.5. The average molecular weight is 536 g/mol. The maximum absolute atomic E-state index is 13.6. The second kappa shape index (κ2) is 12.4. The minimum Gasteiger partial charge on any atom is -0.394 e. The molecule has 3 fully saturated rings. The van der Waals surface area contributed by atoms with Crippen LogP contribution in [-0.4, -0.2) is 140 Å². The molecule has 0 bridgehead atoms. The summed E-state index contributed by atoms with van der Waals surface area (Å²) in [5, 5.41) is 87.8. The Bertz CT molecular complexity index is 624. The van der Waals surface area contributed by atoms with Gasteiger partial charge in [-0.25, -0.2) is 4.57 Å². The van der Waals surface area contributed by atoms with Crippen molar-refractivity contribution in [3.63, 3.8) is 0 Å². The van der Waals surface area contributed by atoms with Crippen LogP contribution in [0.1, 0.15) is 19.3 Å². The van der Waals surface area contributed by atoms with E-state index in [9.17, 15) is 50.5 Å². The summed E-state index contributed by atoms with van der Waals surface area (Å²) in [6, 6.07) is 0. The smallest absolute Gasteiger partial charge is 0.394 e. The molecule has 0 aromatic heterocycles. The van der Waals surface area contributed by atoms with E-state index in [2.05, 4.69) is 0 Å². The van der Waals surface area contributed by atoms with Crippen LogP contribution in [0.2, 0.25) is 0 Å². The fourth-order valence-electron chi connectivity index (χ4n) is 3.91. The summed E-state index contributed by atoms with van der Waals surface area (Å²) in [6.07, 6.45) is -18.5. The lowest BCUT2D eigenvalue weighted by Gasteiger charge is -2.41. The summed E-state index contributed by atoms with van der Waals surface area (Å²) in [5.41, 5.74) is 0. The molecule has 3 saturated heterocycles. The van der Waals surface area contributed by atoms with Crippen molar-refractivity contribution in [2.24, 2.45) is 0 Å². The Hall–Kier alpha value is -0.370. The monoisotopic (exact) mass is 536 g/mol. The number of hydrogen-bond donors (Lipinski definition) is 9. The minimum atomic E-state index is -4.87. The van der Waals surface area contributed by atoms with Crippen molar-refractivity contribution in [1.29, 1.82) is 0 Å². The molecule has 3 heterocycles. The molecule has 0 aromatic carbocycles. The summed E-state index contributed by atoms with van der Waals surface area (Å²) in [4.78, 5) is 0. The molecular weight excluding hydrogens is 503 g/mol. The van der Waals surface area contributed by atoms with Gasteiger partial charge >= 0.3 is 7.82 Å². The van der Waals surface area contributed by atoms with Gasteiger partial charge in [-0.05, 0) is 0 Å². The molecule has 0 spiro atoms. The summed E-state index contributed by atoms with van der Waals surface area (Å²) >= 11 is 0. The zero-order valence-corrected chi connectivity index (χ0v) is 19.4. The van der Waals surface area contributed by atoms with Crippen molar-refractivity contribution in [3.8, 4) is 0 Å². The Kier molecular flexibility index (Phi) is 10.4. The number of phosphoric acid groups is 1. The molecule has 9 N–H and O–H groups in total. The van der Waals surface area contributed by atoms with Crippen LogP contribution in [0.25, 0.3) is 0 Å². The molecule has 16 nitrogen and oxygen atoms in total. The van der Waals surface area contributed by atoms with Crippen LogP contribution >= 0.6 is 7.82 Å². The van der Waals surface area contributed by atoms with Gasteiger partial charge < -0.3 is 60.2 Å². The molecular formula is C18H33O16P. The SMILES string of the molecule is O=P(OC1CC(O)C(O)C(CO)O1)(OC1CC(O)C(O)C(CO)O1)OC1C[C@H](O)[C@@H](O)[C@@H](CO)O1. The largest absolute Gasteiger partial charge is 0.481 e. The van der Waals surface area contributed by atoms with Crippen LogP contribution in [0.4, 0.5) is 0 Å². The number of ether oxygens (including phenoxy) is 3. The van der Waals surface area contributed by atoms with Crippen molar-refractivity contribution >= 4 is 7.82 Å². The molecule has 9 unspecified atom stereocenters. The van der Waals surface area contributed by atoms with Crippen molar-refractivity contribution in [1.82, 2.24) is 0 Å². The molecule has 0 amide bonds.